The first-order valence-corrected chi connectivity index (χ1v) is 10.1. The predicted octanol–water partition coefficient (Wildman–Crippen LogP) is -1.78. The van der Waals surface area contributed by atoms with Gasteiger partial charge < -0.3 is 14.3 Å². The number of carbonyl (C=O) groups is 2. The minimum atomic E-state index is -5.28. The number of methoxy groups -OCH3 is 2. The number of ether oxygens (including phenoxy) is 2. The Morgan fingerprint density at radius 2 is 1.41 bits per heavy atom. The molecule has 0 heterocycles. The molecule has 0 aliphatic carbocycles. The van der Waals surface area contributed by atoms with E-state index >= 15 is 0 Å². The largest absolute Gasteiger partial charge is 1.00 e. The fourth-order valence-corrected chi connectivity index (χ4v) is 4.00. The van der Waals surface area contributed by atoms with Crippen LogP contribution in [-0.4, -0.2) is 52.1 Å². The molecule has 0 aliphatic heterocycles. The van der Waals surface area contributed by atoms with E-state index in [-0.39, 0.29) is 35.1 Å². The number of carbonyl (C=O) groups excluding carboxylic acids is 2. The van der Waals surface area contributed by atoms with E-state index in [1.54, 1.807) is 6.07 Å². The van der Waals surface area contributed by atoms with Crippen molar-refractivity contribution in [1.82, 2.24) is 0 Å². The van der Waals surface area contributed by atoms with Crippen molar-refractivity contribution in [2.45, 2.75) is 9.79 Å². The molecule has 13 heteroatoms. The van der Waals surface area contributed by atoms with E-state index in [4.69, 9.17) is 0 Å². The zero-order valence-corrected chi connectivity index (χ0v) is 19.0. The molecule has 0 unspecified atom stereocenters. The number of hydrogen-bond donors (Lipinski definition) is 2. The molecule has 0 amide bonds. The van der Waals surface area contributed by atoms with Crippen molar-refractivity contribution in [3.63, 3.8) is 0 Å². The van der Waals surface area contributed by atoms with Gasteiger partial charge in [-0.3, -0.25) is 9.11 Å². The number of hydrogen-bond acceptors (Lipinski definition) is 8. The van der Waals surface area contributed by atoms with Crippen LogP contribution in [0.4, 0.5) is 0 Å². The summed E-state index contributed by atoms with van der Waals surface area (Å²) < 4.78 is 75.9. The molecule has 0 spiro atoms. The zero-order chi connectivity index (χ0) is 21.3. The smallest absolute Gasteiger partial charge is 0.509 e. The van der Waals surface area contributed by atoms with Gasteiger partial charge in [0.05, 0.1) is 14.2 Å². The Bertz CT molecular complexity index is 1160. The minimum absolute atomic E-state index is 0. The van der Waals surface area contributed by atoms with Crippen LogP contribution in [0.5, 0.6) is 0 Å². The van der Waals surface area contributed by atoms with E-state index < -0.39 is 58.7 Å². The third kappa shape index (κ3) is 5.22. The first-order valence-electron chi connectivity index (χ1n) is 7.23. The maximum Gasteiger partial charge on any atom is 1.00 e. The molecule has 2 aromatic rings. The monoisotopic (exact) mass is 452 g/mol. The van der Waals surface area contributed by atoms with Gasteiger partial charge in [0.25, 0.3) is 26.2 Å². The van der Waals surface area contributed by atoms with Gasteiger partial charge in [-0.25, -0.2) is 13.2 Å². The van der Waals surface area contributed by atoms with Crippen LogP contribution >= 0.6 is 0 Å². The van der Waals surface area contributed by atoms with Gasteiger partial charge in [-0.15, -0.1) is 6.07 Å². The molecule has 2 aromatic carbocycles. The maximum absolute atomic E-state index is 12.4. The minimum Gasteiger partial charge on any atom is -0.509 e. The average Bonchev–Trinajstić information content (AvgIpc) is 2.64. The molecular weight excluding hydrogens is 439 g/mol. The van der Waals surface area contributed by atoms with Crippen molar-refractivity contribution in [2.24, 2.45) is 0 Å². The third-order valence-electron chi connectivity index (χ3n) is 3.53. The average molecular weight is 452 g/mol. The quantitative estimate of drug-likeness (QED) is 0.230. The third-order valence-corrected chi connectivity index (χ3v) is 5.27. The van der Waals surface area contributed by atoms with Crippen LogP contribution in [0, 0.1) is 6.07 Å². The summed E-state index contributed by atoms with van der Waals surface area (Å²) in [5, 5.41) is 0. The molecule has 0 aliphatic rings. The number of rotatable bonds is 5. The van der Waals surface area contributed by atoms with E-state index in [1.807, 2.05) is 6.07 Å². The summed E-state index contributed by atoms with van der Waals surface area (Å²) in [7, 11) is -8.68. The van der Waals surface area contributed by atoms with E-state index in [0.29, 0.717) is 0 Å². The molecule has 2 rings (SSSR count). The Hall–Kier alpha value is -1.80. The van der Waals surface area contributed by atoms with Gasteiger partial charge in [-0.1, -0.05) is 41.5 Å². The van der Waals surface area contributed by atoms with Crippen molar-refractivity contribution in [3.05, 3.63) is 47.5 Å². The summed E-state index contributed by atoms with van der Waals surface area (Å²) in [5.41, 5.74) is -2.75. The second-order valence-electron chi connectivity index (χ2n) is 5.21. The van der Waals surface area contributed by atoms with Gasteiger partial charge >= 0.3 is 35.5 Å². The first kappa shape index (κ1) is 25.2. The topological polar surface area (TPSA) is 161 Å². The summed E-state index contributed by atoms with van der Waals surface area (Å²) >= 11 is 0. The van der Waals surface area contributed by atoms with Crippen LogP contribution in [0.1, 0.15) is 20.7 Å². The zero-order valence-electron chi connectivity index (χ0n) is 15.4. The van der Waals surface area contributed by atoms with Gasteiger partial charge in [0.1, 0.15) is 0 Å². The van der Waals surface area contributed by atoms with E-state index in [0.717, 1.165) is 14.2 Å². The maximum atomic E-state index is 12.4. The number of esters is 2. The van der Waals surface area contributed by atoms with E-state index in [1.165, 1.54) is 24.3 Å². The Balaban J connectivity index is 0.00000420. The van der Waals surface area contributed by atoms with Crippen LogP contribution in [0.15, 0.2) is 40.1 Å². The van der Waals surface area contributed by atoms with Crippen LogP contribution in [0.2, 0.25) is 0 Å². The van der Waals surface area contributed by atoms with E-state index in [2.05, 4.69) is 9.47 Å². The van der Waals surface area contributed by atoms with Crippen molar-refractivity contribution in [2.75, 3.05) is 14.2 Å². The van der Waals surface area contributed by atoms with Crippen molar-refractivity contribution in [3.8, 4) is 11.1 Å². The van der Waals surface area contributed by atoms with Gasteiger partial charge in [0.15, 0.2) is 0 Å². The van der Waals surface area contributed by atoms with Gasteiger partial charge in [-0.2, -0.15) is 8.42 Å². The molecule has 0 radical (unpaired) electrons. The van der Waals surface area contributed by atoms with Crippen molar-refractivity contribution < 1.29 is 74.6 Å². The fraction of sp³-hybridized carbons (Fsp3) is 0.125. The Kier molecular flexibility index (Phi) is 8.13. The molecular formula is C16H13NaO10S2. The number of benzene rings is 2. The molecule has 0 saturated carbocycles. The summed E-state index contributed by atoms with van der Waals surface area (Å²) in [5.74, 6) is -2.82. The molecule has 2 N–H and O–H groups in total. The standard InChI is InChI=1S/C16H13O10S2.Na/c1-25-15(17)10-8-11(27(19,20)21)12(9-6-4-3-5-7-9)13(16(18)26-2)14(10)28(22,23)24;/h3-7H,1-2H3,(H,19,20,21)(H,22,23,24);/q-1;+1. The second kappa shape index (κ2) is 9.34. The van der Waals surface area contributed by atoms with Gasteiger partial charge in [0, 0.05) is 15.4 Å². The molecule has 150 valence electrons. The molecule has 10 nitrogen and oxygen atoms in total. The molecule has 0 aromatic heterocycles. The first-order chi connectivity index (χ1) is 12.9. The molecule has 0 fully saturated rings. The molecule has 0 saturated heterocycles. The van der Waals surface area contributed by atoms with Crippen molar-refractivity contribution in [1.29, 1.82) is 0 Å². The molecule has 0 atom stereocenters. The van der Waals surface area contributed by atoms with E-state index in [9.17, 15) is 35.5 Å². The predicted molar refractivity (Wildman–Crippen MR) is 93.0 cm³/mol. The summed E-state index contributed by atoms with van der Waals surface area (Å²) in [6.45, 7) is 0. The Morgan fingerprint density at radius 1 is 0.897 bits per heavy atom. The summed E-state index contributed by atoms with van der Waals surface area (Å²) in [4.78, 5) is 22.0. The summed E-state index contributed by atoms with van der Waals surface area (Å²) in [6.07, 6.45) is 0. The molecule has 29 heavy (non-hydrogen) atoms. The van der Waals surface area contributed by atoms with Crippen LogP contribution < -0.4 is 29.6 Å². The van der Waals surface area contributed by atoms with Crippen LogP contribution in [-0.2, 0) is 29.7 Å². The summed E-state index contributed by atoms with van der Waals surface area (Å²) in [6, 6.07) is 8.96. The van der Waals surface area contributed by atoms with Crippen LogP contribution in [0.3, 0.4) is 0 Å². The second-order valence-corrected chi connectivity index (χ2v) is 7.92. The Morgan fingerprint density at radius 3 is 1.83 bits per heavy atom. The van der Waals surface area contributed by atoms with Crippen molar-refractivity contribution >= 4 is 32.2 Å². The fourth-order valence-electron chi connectivity index (χ4n) is 2.46. The van der Waals surface area contributed by atoms with Gasteiger partial charge in [0.2, 0.25) is 0 Å². The Labute approximate surface area is 188 Å². The SMILES string of the molecule is COC(=O)c1[c-]c(S(=O)(=O)O)c(-c2ccccc2)c(C(=O)OC)c1S(=O)(=O)O.[Na+]. The van der Waals surface area contributed by atoms with Crippen LogP contribution in [0.25, 0.3) is 11.1 Å². The molecule has 0 bridgehead atoms. The van der Waals surface area contributed by atoms with Gasteiger partial charge in [-0.05, 0) is 5.56 Å². The normalized spacial score (nSPS) is 11.3.